The SMILES string of the molecule is O=C(CCc1ccccc1Br)NCC1(c2ccccc2)CCOCC1. The molecule has 1 fully saturated rings. The van der Waals surface area contributed by atoms with E-state index in [2.05, 4.69) is 51.6 Å². The fraction of sp³-hybridized carbons (Fsp3) is 0.381. The summed E-state index contributed by atoms with van der Waals surface area (Å²) < 4.78 is 6.62. The van der Waals surface area contributed by atoms with Crippen LogP contribution in [-0.4, -0.2) is 25.7 Å². The zero-order valence-electron chi connectivity index (χ0n) is 14.3. The van der Waals surface area contributed by atoms with E-state index in [0.29, 0.717) is 13.0 Å². The number of hydrogen-bond donors (Lipinski definition) is 1. The molecule has 0 aliphatic carbocycles. The molecule has 0 unspecified atom stereocenters. The number of ether oxygens (including phenoxy) is 1. The van der Waals surface area contributed by atoms with Crippen LogP contribution in [0.2, 0.25) is 0 Å². The van der Waals surface area contributed by atoms with Gasteiger partial charge in [-0.1, -0.05) is 64.5 Å². The number of hydrogen-bond acceptors (Lipinski definition) is 2. The maximum absolute atomic E-state index is 12.4. The van der Waals surface area contributed by atoms with Crippen LogP contribution in [0.3, 0.4) is 0 Å². The van der Waals surface area contributed by atoms with Gasteiger partial charge in [-0.15, -0.1) is 0 Å². The van der Waals surface area contributed by atoms with Gasteiger partial charge in [0.25, 0.3) is 0 Å². The van der Waals surface area contributed by atoms with Crippen molar-refractivity contribution >= 4 is 21.8 Å². The predicted molar refractivity (Wildman–Crippen MR) is 104 cm³/mol. The number of amides is 1. The zero-order chi connectivity index (χ0) is 17.5. The Hall–Kier alpha value is -1.65. The quantitative estimate of drug-likeness (QED) is 0.785. The van der Waals surface area contributed by atoms with Crippen LogP contribution in [0.1, 0.15) is 30.4 Å². The molecule has 0 saturated carbocycles. The van der Waals surface area contributed by atoms with Crippen molar-refractivity contribution in [3.05, 3.63) is 70.2 Å². The van der Waals surface area contributed by atoms with Gasteiger partial charge in [-0.25, -0.2) is 0 Å². The summed E-state index contributed by atoms with van der Waals surface area (Å²) in [6, 6.07) is 18.6. The molecule has 0 bridgehead atoms. The van der Waals surface area contributed by atoms with Gasteiger partial charge in [0.1, 0.15) is 0 Å². The van der Waals surface area contributed by atoms with Gasteiger partial charge in [0.05, 0.1) is 0 Å². The lowest BCUT2D eigenvalue weighted by Crippen LogP contribution is -2.44. The number of carbonyl (C=O) groups is 1. The first-order valence-corrected chi connectivity index (χ1v) is 9.62. The van der Waals surface area contributed by atoms with E-state index in [0.717, 1.165) is 36.9 Å². The second-order valence-corrected chi connectivity index (χ2v) is 7.48. The first kappa shape index (κ1) is 18.2. The molecule has 1 saturated heterocycles. The van der Waals surface area contributed by atoms with Crippen LogP contribution < -0.4 is 5.32 Å². The molecular formula is C21H24BrNO2. The van der Waals surface area contributed by atoms with Gasteiger partial charge in [0, 0.05) is 36.1 Å². The standard InChI is InChI=1S/C21H24BrNO2/c22-19-9-5-4-6-17(19)10-11-20(24)23-16-21(12-14-25-15-13-21)18-7-2-1-3-8-18/h1-9H,10-16H2,(H,23,24). The third-order valence-electron chi connectivity index (χ3n) is 5.04. The molecule has 1 heterocycles. The molecule has 0 aromatic heterocycles. The van der Waals surface area contributed by atoms with E-state index in [9.17, 15) is 4.79 Å². The molecule has 3 nitrogen and oxygen atoms in total. The topological polar surface area (TPSA) is 38.3 Å². The monoisotopic (exact) mass is 401 g/mol. The Kier molecular flexibility index (Phi) is 6.27. The molecule has 3 rings (SSSR count). The van der Waals surface area contributed by atoms with Gasteiger partial charge in [-0.3, -0.25) is 4.79 Å². The van der Waals surface area contributed by atoms with E-state index in [1.54, 1.807) is 0 Å². The summed E-state index contributed by atoms with van der Waals surface area (Å²) in [4.78, 5) is 12.4. The lowest BCUT2D eigenvalue weighted by molar-refractivity contribution is -0.121. The molecule has 4 heteroatoms. The highest BCUT2D eigenvalue weighted by atomic mass is 79.9. The number of carbonyl (C=O) groups excluding carboxylic acids is 1. The van der Waals surface area contributed by atoms with Crippen molar-refractivity contribution in [1.82, 2.24) is 5.32 Å². The molecule has 1 amide bonds. The largest absolute Gasteiger partial charge is 0.381 e. The Morgan fingerprint density at radius 3 is 2.44 bits per heavy atom. The molecule has 1 aliphatic rings. The van der Waals surface area contributed by atoms with Gasteiger partial charge in [0.15, 0.2) is 0 Å². The van der Waals surface area contributed by atoms with Gasteiger partial charge in [0.2, 0.25) is 5.91 Å². The normalized spacial score (nSPS) is 16.4. The first-order chi connectivity index (χ1) is 12.2. The van der Waals surface area contributed by atoms with E-state index < -0.39 is 0 Å². The summed E-state index contributed by atoms with van der Waals surface area (Å²) in [6.45, 7) is 2.18. The Morgan fingerprint density at radius 2 is 1.72 bits per heavy atom. The molecule has 0 atom stereocenters. The van der Waals surface area contributed by atoms with Gasteiger partial charge in [-0.2, -0.15) is 0 Å². The minimum Gasteiger partial charge on any atom is -0.381 e. The summed E-state index contributed by atoms with van der Waals surface area (Å²) in [5.41, 5.74) is 2.45. The first-order valence-electron chi connectivity index (χ1n) is 8.83. The molecule has 2 aromatic carbocycles. The molecule has 1 N–H and O–H groups in total. The maximum atomic E-state index is 12.4. The average Bonchev–Trinajstić information content (AvgIpc) is 2.67. The summed E-state index contributed by atoms with van der Waals surface area (Å²) in [7, 11) is 0. The van der Waals surface area contributed by atoms with Gasteiger partial charge < -0.3 is 10.1 Å². The fourth-order valence-corrected chi connectivity index (χ4v) is 3.91. The van der Waals surface area contributed by atoms with Crippen molar-refractivity contribution in [2.24, 2.45) is 0 Å². The molecule has 0 radical (unpaired) electrons. The van der Waals surface area contributed by atoms with Gasteiger partial charge in [-0.05, 0) is 36.5 Å². The van der Waals surface area contributed by atoms with E-state index in [-0.39, 0.29) is 11.3 Å². The summed E-state index contributed by atoms with van der Waals surface area (Å²) in [5.74, 6) is 0.109. The Balaban J connectivity index is 1.59. The molecular weight excluding hydrogens is 378 g/mol. The third-order valence-corrected chi connectivity index (χ3v) is 5.81. The summed E-state index contributed by atoms with van der Waals surface area (Å²) in [5, 5.41) is 3.17. The van der Waals surface area contributed by atoms with Crippen molar-refractivity contribution in [2.75, 3.05) is 19.8 Å². The highest BCUT2D eigenvalue weighted by molar-refractivity contribution is 9.10. The molecule has 0 spiro atoms. The smallest absolute Gasteiger partial charge is 0.220 e. The van der Waals surface area contributed by atoms with Crippen molar-refractivity contribution in [2.45, 2.75) is 31.1 Å². The van der Waals surface area contributed by atoms with E-state index >= 15 is 0 Å². The minimum absolute atomic E-state index is 0.0114. The van der Waals surface area contributed by atoms with Crippen molar-refractivity contribution < 1.29 is 9.53 Å². The van der Waals surface area contributed by atoms with Crippen LogP contribution >= 0.6 is 15.9 Å². The zero-order valence-corrected chi connectivity index (χ0v) is 15.9. The Bertz CT molecular complexity index is 696. The van der Waals surface area contributed by atoms with E-state index in [1.165, 1.54) is 11.1 Å². The molecule has 25 heavy (non-hydrogen) atoms. The second kappa shape index (κ2) is 8.63. The van der Waals surface area contributed by atoms with Crippen LogP contribution in [0, 0.1) is 0 Å². The van der Waals surface area contributed by atoms with Crippen LogP contribution in [0.15, 0.2) is 59.1 Å². The molecule has 1 aliphatic heterocycles. The lowest BCUT2D eigenvalue weighted by atomic mass is 9.74. The highest BCUT2D eigenvalue weighted by Gasteiger charge is 2.34. The number of halogens is 1. The number of benzene rings is 2. The maximum Gasteiger partial charge on any atom is 0.220 e. The highest BCUT2D eigenvalue weighted by Crippen LogP contribution is 2.34. The second-order valence-electron chi connectivity index (χ2n) is 6.63. The number of nitrogens with one attached hydrogen (secondary N) is 1. The van der Waals surface area contributed by atoms with Crippen LogP contribution in [-0.2, 0) is 21.4 Å². The lowest BCUT2D eigenvalue weighted by Gasteiger charge is -2.38. The Morgan fingerprint density at radius 1 is 1.04 bits per heavy atom. The van der Waals surface area contributed by atoms with Crippen LogP contribution in [0.25, 0.3) is 0 Å². The van der Waals surface area contributed by atoms with Gasteiger partial charge >= 0.3 is 0 Å². The van der Waals surface area contributed by atoms with Crippen LogP contribution in [0.5, 0.6) is 0 Å². The van der Waals surface area contributed by atoms with Crippen molar-refractivity contribution in [1.29, 1.82) is 0 Å². The molecule has 2 aromatic rings. The van der Waals surface area contributed by atoms with E-state index in [1.807, 2.05) is 24.3 Å². The van der Waals surface area contributed by atoms with Crippen molar-refractivity contribution in [3.8, 4) is 0 Å². The average molecular weight is 402 g/mol. The number of rotatable bonds is 6. The Labute approximate surface area is 157 Å². The van der Waals surface area contributed by atoms with Crippen molar-refractivity contribution in [3.63, 3.8) is 0 Å². The fourth-order valence-electron chi connectivity index (χ4n) is 3.43. The summed E-state index contributed by atoms with van der Waals surface area (Å²) in [6.07, 6.45) is 3.14. The summed E-state index contributed by atoms with van der Waals surface area (Å²) >= 11 is 3.54. The number of aryl methyl sites for hydroxylation is 1. The predicted octanol–water partition coefficient (Wildman–Crippen LogP) is 4.25. The molecule has 132 valence electrons. The third kappa shape index (κ3) is 4.71. The van der Waals surface area contributed by atoms with E-state index in [4.69, 9.17) is 4.74 Å². The van der Waals surface area contributed by atoms with Crippen LogP contribution in [0.4, 0.5) is 0 Å². The minimum atomic E-state index is -0.0114.